The summed E-state index contributed by atoms with van der Waals surface area (Å²) in [5.74, 6) is -2.01. The fraction of sp³-hybridized carbons (Fsp3) is 0.238. The Morgan fingerprint density at radius 1 is 1.04 bits per heavy atom. The van der Waals surface area contributed by atoms with Crippen LogP contribution in [0.2, 0.25) is 5.02 Å². The topological polar surface area (TPSA) is 97.7 Å². The zero-order valence-electron chi connectivity index (χ0n) is 15.1. The Balaban J connectivity index is 1.70. The minimum atomic E-state index is -2.01. The van der Waals surface area contributed by atoms with E-state index in [0.29, 0.717) is 16.3 Å². The lowest BCUT2D eigenvalue weighted by Gasteiger charge is -2.28. The number of ether oxygens (including phenoxy) is 1. The van der Waals surface area contributed by atoms with Gasteiger partial charge in [-0.2, -0.15) is 0 Å². The van der Waals surface area contributed by atoms with Gasteiger partial charge in [-0.1, -0.05) is 41.9 Å². The zero-order chi connectivity index (χ0) is 19.9. The first kappa shape index (κ1) is 19.0. The molecule has 0 spiro atoms. The third-order valence-corrected chi connectivity index (χ3v) is 5.29. The molecule has 6 nitrogen and oxygen atoms in total. The van der Waals surface area contributed by atoms with Gasteiger partial charge in [-0.05, 0) is 31.2 Å². The third kappa shape index (κ3) is 3.19. The zero-order valence-corrected chi connectivity index (χ0v) is 15.9. The molecule has 7 heteroatoms. The van der Waals surface area contributed by atoms with Crippen LogP contribution < -0.4 is 5.32 Å². The molecule has 1 fully saturated rings. The van der Waals surface area contributed by atoms with Crippen molar-refractivity contribution in [1.82, 2.24) is 4.98 Å². The normalized spacial score (nSPS) is 27.1. The molecule has 5 N–H and O–H groups in total. The molecule has 146 valence electrons. The van der Waals surface area contributed by atoms with Crippen molar-refractivity contribution < 1.29 is 20.1 Å². The summed E-state index contributed by atoms with van der Waals surface area (Å²) in [4.78, 5) is 3.19. The van der Waals surface area contributed by atoms with Crippen molar-refractivity contribution in [3.8, 4) is 11.3 Å². The molecule has 4 atom stereocenters. The molecule has 4 rings (SSSR count). The van der Waals surface area contributed by atoms with E-state index in [2.05, 4.69) is 10.3 Å². The first-order valence-electron chi connectivity index (χ1n) is 8.96. The largest absolute Gasteiger partial charge is 0.387 e. The quantitative estimate of drug-likeness (QED) is 0.462. The number of nitrogens with one attached hydrogen (secondary N) is 2. The van der Waals surface area contributed by atoms with E-state index < -0.39 is 24.1 Å². The third-order valence-electron chi connectivity index (χ3n) is 5.03. The van der Waals surface area contributed by atoms with Crippen LogP contribution in [-0.4, -0.2) is 38.6 Å². The Hall–Kier alpha value is -2.35. The summed E-state index contributed by atoms with van der Waals surface area (Å²) in [5, 5.41) is 35.4. The molecule has 1 aliphatic rings. The number of para-hydroxylation sites is 1. The number of hydrogen-bond donors (Lipinski definition) is 5. The minimum Gasteiger partial charge on any atom is -0.387 e. The highest BCUT2D eigenvalue weighted by molar-refractivity contribution is 6.30. The van der Waals surface area contributed by atoms with Crippen molar-refractivity contribution in [3.05, 3.63) is 71.4 Å². The van der Waals surface area contributed by atoms with Crippen LogP contribution in [0.1, 0.15) is 12.5 Å². The number of aromatic nitrogens is 1. The van der Waals surface area contributed by atoms with Crippen molar-refractivity contribution in [3.63, 3.8) is 0 Å². The van der Waals surface area contributed by atoms with Crippen LogP contribution >= 0.6 is 11.6 Å². The van der Waals surface area contributed by atoms with Gasteiger partial charge >= 0.3 is 0 Å². The van der Waals surface area contributed by atoms with E-state index >= 15 is 0 Å². The van der Waals surface area contributed by atoms with Crippen molar-refractivity contribution >= 4 is 23.0 Å². The van der Waals surface area contributed by atoms with Crippen LogP contribution in [0.5, 0.6) is 0 Å². The molecule has 1 aromatic heterocycles. The van der Waals surface area contributed by atoms with Crippen LogP contribution in [0.25, 0.3) is 11.3 Å². The van der Waals surface area contributed by atoms with Crippen molar-refractivity contribution in [1.29, 1.82) is 0 Å². The molecule has 0 radical (unpaired) electrons. The molecule has 0 aliphatic carbocycles. The Kier molecular flexibility index (Phi) is 4.91. The fourth-order valence-corrected chi connectivity index (χ4v) is 3.64. The van der Waals surface area contributed by atoms with Gasteiger partial charge in [0, 0.05) is 28.0 Å². The predicted octanol–water partition coefficient (Wildman–Crippen LogP) is 3.36. The predicted molar refractivity (Wildman–Crippen MR) is 107 cm³/mol. The van der Waals surface area contributed by atoms with Gasteiger partial charge < -0.3 is 30.4 Å². The monoisotopic (exact) mass is 400 g/mol. The minimum absolute atomic E-state index is 0.342. The van der Waals surface area contributed by atoms with Crippen LogP contribution in [0.3, 0.4) is 0 Å². The Bertz CT molecular complexity index is 975. The van der Waals surface area contributed by atoms with E-state index in [1.807, 2.05) is 36.4 Å². The van der Waals surface area contributed by atoms with Crippen molar-refractivity contribution in [2.24, 2.45) is 0 Å². The van der Waals surface area contributed by atoms with Gasteiger partial charge in [0.1, 0.15) is 12.2 Å². The molecule has 0 amide bonds. The van der Waals surface area contributed by atoms with E-state index in [1.54, 1.807) is 31.3 Å². The number of rotatable bonds is 4. The fourth-order valence-electron chi connectivity index (χ4n) is 3.51. The summed E-state index contributed by atoms with van der Waals surface area (Å²) in [5.41, 5.74) is 3.46. The molecule has 2 aromatic carbocycles. The average Bonchev–Trinajstić information content (AvgIpc) is 3.22. The number of H-pyrrole nitrogens is 1. The maximum Gasteiger partial charge on any atom is 0.224 e. The highest BCUT2D eigenvalue weighted by Crippen LogP contribution is 2.42. The molecular formula is C21H21ClN2O4. The second-order valence-electron chi connectivity index (χ2n) is 6.90. The van der Waals surface area contributed by atoms with Gasteiger partial charge in [-0.15, -0.1) is 0 Å². The summed E-state index contributed by atoms with van der Waals surface area (Å²) in [6.07, 6.45) is -1.55. The highest BCUT2D eigenvalue weighted by atomic mass is 35.5. The molecule has 0 bridgehead atoms. The van der Waals surface area contributed by atoms with Crippen molar-refractivity contribution in [2.75, 3.05) is 5.32 Å². The summed E-state index contributed by atoms with van der Waals surface area (Å²) in [7, 11) is 0. The van der Waals surface area contributed by atoms with Gasteiger partial charge in [-0.3, -0.25) is 0 Å². The van der Waals surface area contributed by atoms with Crippen molar-refractivity contribution in [2.45, 2.75) is 31.0 Å². The molecule has 2 heterocycles. The smallest absolute Gasteiger partial charge is 0.224 e. The van der Waals surface area contributed by atoms with Gasteiger partial charge in [-0.25, -0.2) is 0 Å². The second kappa shape index (κ2) is 7.24. The first-order chi connectivity index (χ1) is 13.4. The molecule has 1 saturated heterocycles. The van der Waals surface area contributed by atoms with Crippen LogP contribution in [-0.2, 0) is 10.5 Å². The summed E-state index contributed by atoms with van der Waals surface area (Å²) >= 11 is 5.98. The molecular weight excluding hydrogens is 380 g/mol. The molecule has 3 aromatic rings. The Labute approximate surface area is 167 Å². The standard InChI is InChI=1S/C21H21ClN2O4/c1-12-19(25)20(26)21(27,28-12)15-4-2-3-5-16(15)24-17-10-11-23-18(17)13-6-8-14(22)9-7-13/h2-12,19-20,23-27H,1H3/t12-,19-,20-,21+/m1/s1. The van der Waals surface area contributed by atoms with E-state index in [0.717, 1.165) is 16.9 Å². The molecule has 0 unspecified atom stereocenters. The number of aromatic amines is 1. The molecule has 28 heavy (non-hydrogen) atoms. The molecule has 0 saturated carbocycles. The SMILES string of the molecule is C[C@H]1O[C@@](O)(c2ccccc2Nc2cc[nH]c2-c2ccc(Cl)cc2)[C@H](O)[C@@H]1O. The van der Waals surface area contributed by atoms with Crippen LogP contribution in [0, 0.1) is 0 Å². The average molecular weight is 401 g/mol. The van der Waals surface area contributed by atoms with Crippen LogP contribution in [0.15, 0.2) is 60.8 Å². The number of halogens is 1. The Morgan fingerprint density at radius 2 is 1.75 bits per heavy atom. The van der Waals surface area contributed by atoms with E-state index in [9.17, 15) is 15.3 Å². The maximum atomic E-state index is 11.0. The second-order valence-corrected chi connectivity index (χ2v) is 7.34. The van der Waals surface area contributed by atoms with Gasteiger partial charge in [0.05, 0.1) is 17.5 Å². The lowest BCUT2D eigenvalue weighted by molar-refractivity contribution is -0.234. The van der Waals surface area contributed by atoms with E-state index in [-0.39, 0.29) is 0 Å². The highest BCUT2D eigenvalue weighted by Gasteiger charge is 2.53. The number of aliphatic hydroxyl groups excluding tert-OH is 2. The number of anilines is 2. The van der Waals surface area contributed by atoms with Crippen LogP contribution in [0.4, 0.5) is 11.4 Å². The number of hydrogen-bond acceptors (Lipinski definition) is 5. The summed E-state index contributed by atoms with van der Waals surface area (Å²) in [6, 6.07) is 16.3. The van der Waals surface area contributed by atoms with Gasteiger partial charge in [0.15, 0.2) is 0 Å². The van der Waals surface area contributed by atoms with E-state index in [4.69, 9.17) is 16.3 Å². The number of benzene rings is 2. The van der Waals surface area contributed by atoms with Gasteiger partial charge in [0.25, 0.3) is 0 Å². The van der Waals surface area contributed by atoms with E-state index in [1.165, 1.54) is 0 Å². The summed E-state index contributed by atoms with van der Waals surface area (Å²) in [6.45, 7) is 1.60. The number of aliphatic hydroxyl groups is 3. The van der Waals surface area contributed by atoms with Gasteiger partial charge in [0.2, 0.25) is 5.79 Å². The molecule has 1 aliphatic heterocycles. The lowest BCUT2D eigenvalue weighted by Crippen LogP contribution is -2.41. The Morgan fingerprint density at radius 3 is 2.43 bits per heavy atom. The summed E-state index contributed by atoms with van der Waals surface area (Å²) < 4.78 is 5.54. The maximum absolute atomic E-state index is 11.0. The lowest BCUT2D eigenvalue weighted by atomic mass is 9.96. The first-order valence-corrected chi connectivity index (χ1v) is 9.34.